The van der Waals surface area contributed by atoms with Crippen LogP contribution in [0, 0.1) is 5.82 Å². The number of halogens is 1. The van der Waals surface area contributed by atoms with E-state index in [0.717, 1.165) is 0 Å². The molecule has 29 heavy (non-hydrogen) atoms. The SMILES string of the molecule is CCS(=O)(=O)N(C)c1ccc(OC2CCN(C(=O)c3cccc(F)c3)CC2)nc1. The maximum absolute atomic E-state index is 13.3. The number of amides is 1. The van der Waals surface area contributed by atoms with Crippen molar-refractivity contribution in [1.82, 2.24) is 9.88 Å². The number of hydrogen-bond acceptors (Lipinski definition) is 5. The van der Waals surface area contributed by atoms with Crippen LogP contribution in [0.2, 0.25) is 0 Å². The zero-order valence-electron chi connectivity index (χ0n) is 16.4. The number of benzene rings is 1. The van der Waals surface area contributed by atoms with E-state index in [1.54, 1.807) is 30.0 Å². The number of pyridine rings is 1. The van der Waals surface area contributed by atoms with Crippen molar-refractivity contribution < 1.29 is 22.3 Å². The van der Waals surface area contributed by atoms with Gasteiger partial charge in [0.1, 0.15) is 11.9 Å². The first-order valence-electron chi connectivity index (χ1n) is 9.44. The van der Waals surface area contributed by atoms with Crippen LogP contribution < -0.4 is 9.04 Å². The van der Waals surface area contributed by atoms with E-state index in [1.807, 2.05) is 0 Å². The molecule has 3 rings (SSSR count). The zero-order valence-corrected chi connectivity index (χ0v) is 17.2. The van der Waals surface area contributed by atoms with Crippen molar-refractivity contribution in [3.63, 3.8) is 0 Å². The fourth-order valence-corrected chi connectivity index (χ4v) is 3.95. The van der Waals surface area contributed by atoms with E-state index in [4.69, 9.17) is 4.74 Å². The van der Waals surface area contributed by atoms with Crippen molar-refractivity contribution in [3.05, 3.63) is 54.0 Å². The number of rotatable bonds is 6. The number of hydrogen-bond donors (Lipinski definition) is 0. The lowest BCUT2D eigenvalue weighted by Gasteiger charge is -2.32. The van der Waals surface area contributed by atoms with E-state index in [9.17, 15) is 17.6 Å². The van der Waals surface area contributed by atoms with Gasteiger partial charge in [-0.25, -0.2) is 17.8 Å². The van der Waals surface area contributed by atoms with Crippen LogP contribution in [0.1, 0.15) is 30.1 Å². The normalized spacial score (nSPS) is 15.2. The third kappa shape index (κ3) is 5.03. The highest BCUT2D eigenvalue weighted by Crippen LogP contribution is 2.22. The smallest absolute Gasteiger partial charge is 0.253 e. The molecule has 2 heterocycles. The Morgan fingerprint density at radius 2 is 2.00 bits per heavy atom. The summed E-state index contributed by atoms with van der Waals surface area (Å²) in [6.07, 6.45) is 2.64. The fourth-order valence-electron chi connectivity index (χ4n) is 3.13. The van der Waals surface area contributed by atoms with Gasteiger partial charge in [-0.2, -0.15) is 0 Å². The topological polar surface area (TPSA) is 79.8 Å². The van der Waals surface area contributed by atoms with Crippen molar-refractivity contribution in [1.29, 1.82) is 0 Å². The second-order valence-corrected chi connectivity index (χ2v) is 9.13. The molecule has 0 atom stereocenters. The van der Waals surface area contributed by atoms with Gasteiger partial charge in [0.05, 0.1) is 17.6 Å². The number of nitrogens with zero attached hydrogens (tertiary/aromatic N) is 3. The van der Waals surface area contributed by atoms with Gasteiger partial charge in [0.25, 0.3) is 5.91 Å². The minimum Gasteiger partial charge on any atom is -0.474 e. The average molecular weight is 421 g/mol. The maximum atomic E-state index is 13.3. The van der Waals surface area contributed by atoms with Crippen LogP contribution in [0.3, 0.4) is 0 Å². The molecule has 7 nitrogen and oxygen atoms in total. The Morgan fingerprint density at radius 1 is 1.28 bits per heavy atom. The molecule has 156 valence electrons. The van der Waals surface area contributed by atoms with Crippen LogP contribution in [0.5, 0.6) is 5.88 Å². The van der Waals surface area contributed by atoms with Gasteiger partial charge < -0.3 is 9.64 Å². The van der Waals surface area contributed by atoms with Crippen LogP contribution in [-0.2, 0) is 10.0 Å². The molecule has 0 N–H and O–H groups in total. The Hall–Kier alpha value is -2.68. The first kappa shape index (κ1) is 21.0. The molecule has 1 amide bonds. The van der Waals surface area contributed by atoms with Gasteiger partial charge in [-0.1, -0.05) is 6.07 Å². The molecule has 1 aromatic heterocycles. The van der Waals surface area contributed by atoms with Gasteiger partial charge in [0.2, 0.25) is 15.9 Å². The maximum Gasteiger partial charge on any atom is 0.253 e. The Kier molecular flexibility index (Phi) is 6.36. The monoisotopic (exact) mass is 421 g/mol. The van der Waals surface area contributed by atoms with E-state index in [0.29, 0.717) is 43.1 Å². The lowest BCUT2D eigenvalue weighted by atomic mass is 10.1. The number of sulfonamides is 1. The average Bonchev–Trinajstić information content (AvgIpc) is 2.74. The summed E-state index contributed by atoms with van der Waals surface area (Å²) in [7, 11) is -1.85. The number of anilines is 1. The van der Waals surface area contributed by atoms with Crippen molar-refractivity contribution in [2.45, 2.75) is 25.9 Å². The number of likely N-dealkylation sites (tertiary alicyclic amines) is 1. The first-order valence-corrected chi connectivity index (χ1v) is 11.0. The summed E-state index contributed by atoms with van der Waals surface area (Å²) in [5.74, 6) is -0.202. The molecule has 0 saturated carbocycles. The molecular formula is C20H24FN3O4S. The van der Waals surface area contributed by atoms with Crippen LogP contribution in [0.25, 0.3) is 0 Å². The molecule has 1 aliphatic rings. The summed E-state index contributed by atoms with van der Waals surface area (Å²) in [4.78, 5) is 18.4. The molecule has 0 unspecified atom stereocenters. The van der Waals surface area contributed by atoms with Gasteiger partial charge in [0, 0.05) is 44.6 Å². The second kappa shape index (κ2) is 8.77. The molecule has 9 heteroatoms. The molecule has 2 aromatic rings. The number of piperidine rings is 1. The molecule has 1 aliphatic heterocycles. The van der Waals surface area contributed by atoms with Crippen LogP contribution in [0.15, 0.2) is 42.6 Å². The molecule has 0 radical (unpaired) electrons. The predicted octanol–water partition coefficient (Wildman–Crippen LogP) is 2.69. The third-order valence-electron chi connectivity index (χ3n) is 4.95. The molecule has 1 fully saturated rings. The van der Waals surface area contributed by atoms with Crippen molar-refractivity contribution >= 4 is 21.6 Å². The zero-order chi connectivity index (χ0) is 21.0. The van der Waals surface area contributed by atoms with E-state index < -0.39 is 15.8 Å². The van der Waals surface area contributed by atoms with Crippen molar-refractivity contribution in [3.8, 4) is 5.88 Å². The number of carbonyl (C=O) groups is 1. The summed E-state index contributed by atoms with van der Waals surface area (Å²) in [5, 5.41) is 0. The van der Waals surface area contributed by atoms with Crippen LogP contribution in [0.4, 0.5) is 10.1 Å². The highest BCUT2D eigenvalue weighted by molar-refractivity contribution is 7.92. The summed E-state index contributed by atoms with van der Waals surface area (Å²) in [6.45, 7) is 2.60. The van der Waals surface area contributed by atoms with Gasteiger partial charge in [-0.3, -0.25) is 9.10 Å². The summed E-state index contributed by atoms with van der Waals surface area (Å²) in [5.41, 5.74) is 0.808. The Bertz CT molecular complexity index is 958. The summed E-state index contributed by atoms with van der Waals surface area (Å²) < 4.78 is 44.2. The van der Waals surface area contributed by atoms with Crippen LogP contribution >= 0.6 is 0 Å². The molecule has 0 aliphatic carbocycles. The van der Waals surface area contributed by atoms with E-state index >= 15 is 0 Å². The van der Waals surface area contributed by atoms with Crippen LogP contribution in [-0.4, -0.2) is 56.2 Å². The van der Waals surface area contributed by atoms with Gasteiger partial charge in [-0.15, -0.1) is 0 Å². The Labute approximate surface area is 170 Å². The minimum atomic E-state index is -3.34. The lowest BCUT2D eigenvalue weighted by molar-refractivity contribution is 0.0587. The highest BCUT2D eigenvalue weighted by atomic mass is 32.2. The molecule has 1 saturated heterocycles. The Balaban J connectivity index is 1.55. The van der Waals surface area contributed by atoms with E-state index in [1.165, 1.54) is 35.7 Å². The third-order valence-corrected chi connectivity index (χ3v) is 6.73. The van der Waals surface area contributed by atoms with Crippen molar-refractivity contribution in [2.24, 2.45) is 0 Å². The number of aromatic nitrogens is 1. The number of carbonyl (C=O) groups excluding carboxylic acids is 1. The molecule has 0 bridgehead atoms. The van der Waals surface area contributed by atoms with E-state index in [2.05, 4.69) is 4.98 Å². The van der Waals surface area contributed by atoms with E-state index in [-0.39, 0.29) is 17.8 Å². The van der Waals surface area contributed by atoms with Gasteiger partial charge in [-0.05, 0) is 31.2 Å². The highest BCUT2D eigenvalue weighted by Gasteiger charge is 2.25. The number of ether oxygens (including phenoxy) is 1. The summed E-state index contributed by atoms with van der Waals surface area (Å²) in [6, 6.07) is 8.97. The molecular weight excluding hydrogens is 397 g/mol. The minimum absolute atomic E-state index is 0.00860. The van der Waals surface area contributed by atoms with Gasteiger partial charge in [0.15, 0.2) is 0 Å². The largest absolute Gasteiger partial charge is 0.474 e. The molecule has 0 spiro atoms. The second-order valence-electron chi connectivity index (χ2n) is 6.84. The lowest BCUT2D eigenvalue weighted by Crippen LogP contribution is -2.41. The first-order chi connectivity index (χ1) is 13.8. The Morgan fingerprint density at radius 3 is 2.59 bits per heavy atom. The molecule has 1 aromatic carbocycles. The standard InChI is InChI=1S/C20H24FN3O4S/c1-3-29(26,27)23(2)17-7-8-19(22-14-17)28-18-9-11-24(12-10-18)20(25)15-5-4-6-16(21)13-15/h4-8,13-14,18H,3,9-12H2,1-2H3. The fraction of sp³-hybridized carbons (Fsp3) is 0.400. The summed E-state index contributed by atoms with van der Waals surface area (Å²) >= 11 is 0. The van der Waals surface area contributed by atoms with Gasteiger partial charge >= 0.3 is 0 Å². The predicted molar refractivity (Wildman–Crippen MR) is 108 cm³/mol. The van der Waals surface area contributed by atoms with Crippen molar-refractivity contribution in [2.75, 3.05) is 30.2 Å². The quantitative estimate of drug-likeness (QED) is 0.717.